The molecule has 2 aromatic carbocycles. The molecule has 1 N–H and O–H groups in total. The molecule has 0 aliphatic carbocycles. The van der Waals surface area contributed by atoms with Crippen molar-refractivity contribution in [2.75, 3.05) is 0 Å². The minimum atomic E-state index is 0.434. The van der Waals surface area contributed by atoms with E-state index in [1.807, 2.05) is 0 Å². The Kier molecular flexibility index (Phi) is 4.26. The summed E-state index contributed by atoms with van der Waals surface area (Å²) < 4.78 is 0. The molecule has 0 fully saturated rings. The fourth-order valence-corrected chi connectivity index (χ4v) is 2.37. The highest BCUT2D eigenvalue weighted by molar-refractivity contribution is 5.73. The maximum atomic E-state index is 10.4. The molecular formula is C18H22O. The summed E-state index contributed by atoms with van der Waals surface area (Å²) in [5, 5.41) is 10.4. The van der Waals surface area contributed by atoms with Crippen molar-refractivity contribution in [2.45, 2.75) is 40.0 Å². The van der Waals surface area contributed by atoms with Crippen LogP contribution in [-0.2, 0) is 19.3 Å². The highest BCUT2D eigenvalue weighted by Crippen LogP contribution is 2.34. The number of benzene rings is 2. The zero-order chi connectivity index (χ0) is 13.8. The molecule has 19 heavy (non-hydrogen) atoms. The van der Waals surface area contributed by atoms with Crippen molar-refractivity contribution in [2.24, 2.45) is 0 Å². The van der Waals surface area contributed by atoms with Crippen molar-refractivity contribution >= 4 is 0 Å². The molecule has 0 aliphatic rings. The second kappa shape index (κ2) is 5.92. The van der Waals surface area contributed by atoms with E-state index in [9.17, 15) is 5.11 Å². The maximum Gasteiger partial charge on any atom is 0.126 e. The summed E-state index contributed by atoms with van der Waals surface area (Å²) in [6, 6.07) is 12.7. The van der Waals surface area contributed by atoms with Gasteiger partial charge >= 0.3 is 0 Å². The van der Waals surface area contributed by atoms with Gasteiger partial charge in [0.2, 0.25) is 0 Å². The van der Waals surface area contributed by atoms with Gasteiger partial charge in [0, 0.05) is 5.56 Å². The standard InChI is InChI=1S/C18H22O/c1-4-13-7-9-16(10-8-13)17-12-14(5-2)11-15(6-3)18(17)19/h7-12,19H,4-6H2,1-3H3. The van der Waals surface area contributed by atoms with Gasteiger partial charge in [-0.15, -0.1) is 0 Å². The summed E-state index contributed by atoms with van der Waals surface area (Å²) in [6.45, 7) is 6.38. The number of hydrogen-bond donors (Lipinski definition) is 1. The second-order valence-corrected chi connectivity index (χ2v) is 4.91. The van der Waals surface area contributed by atoms with Gasteiger partial charge in [-0.2, -0.15) is 0 Å². The molecule has 0 unspecified atom stereocenters. The van der Waals surface area contributed by atoms with E-state index in [1.54, 1.807) is 0 Å². The summed E-state index contributed by atoms with van der Waals surface area (Å²) in [4.78, 5) is 0. The molecule has 0 saturated carbocycles. The number of hydrogen-bond acceptors (Lipinski definition) is 1. The van der Waals surface area contributed by atoms with Gasteiger partial charge in [-0.05, 0) is 47.6 Å². The predicted molar refractivity (Wildman–Crippen MR) is 81.7 cm³/mol. The SMILES string of the molecule is CCc1ccc(-c2cc(CC)cc(CC)c2O)cc1. The Morgan fingerprint density at radius 3 is 1.95 bits per heavy atom. The van der Waals surface area contributed by atoms with Gasteiger partial charge in [0.1, 0.15) is 5.75 Å². The zero-order valence-corrected chi connectivity index (χ0v) is 12.0. The smallest absolute Gasteiger partial charge is 0.126 e. The predicted octanol–water partition coefficient (Wildman–Crippen LogP) is 4.75. The van der Waals surface area contributed by atoms with Crippen LogP contribution in [0.15, 0.2) is 36.4 Å². The average molecular weight is 254 g/mol. The van der Waals surface area contributed by atoms with Crippen molar-refractivity contribution in [1.82, 2.24) is 0 Å². The van der Waals surface area contributed by atoms with Gasteiger partial charge in [-0.1, -0.05) is 51.1 Å². The fourth-order valence-electron chi connectivity index (χ4n) is 2.37. The summed E-state index contributed by atoms with van der Waals surface area (Å²) in [6.07, 6.45) is 2.90. The van der Waals surface area contributed by atoms with Gasteiger partial charge in [-0.25, -0.2) is 0 Å². The summed E-state index contributed by atoms with van der Waals surface area (Å²) in [5.74, 6) is 0.434. The highest BCUT2D eigenvalue weighted by atomic mass is 16.3. The van der Waals surface area contributed by atoms with Crippen molar-refractivity contribution in [1.29, 1.82) is 0 Å². The Morgan fingerprint density at radius 2 is 1.42 bits per heavy atom. The summed E-state index contributed by atoms with van der Waals surface area (Å²) in [7, 11) is 0. The lowest BCUT2D eigenvalue weighted by atomic mass is 9.95. The van der Waals surface area contributed by atoms with E-state index in [0.29, 0.717) is 5.75 Å². The Bertz CT molecular complexity index is 553. The third kappa shape index (κ3) is 2.81. The number of phenols is 1. The van der Waals surface area contributed by atoms with Crippen LogP contribution in [0.25, 0.3) is 11.1 Å². The lowest BCUT2D eigenvalue weighted by Gasteiger charge is -2.12. The Morgan fingerprint density at radius 1 is 0.789 bits per heavy atom. The molecule has 1 nitrogen and oxygen atoms in total. The first-order valence-corrected chi connectivity index (χ1v) is 7.13. The lowest BCUT2D eigenvalue weighted by molar-refractivity contribution is 0.470. The largest absolute Gasteiger partial charge is 0.507 e. The Labute approximate surface area is 115 Å². The van der Waals surface area contributed by atoms with E-state index in [4.69, 9.17) is 0 Å². The zero-order valence-electron chi connectivity index (χ0n) is 12.0. The average Bonchev–Trinajstić information content (AvgIpc) is 2.47. The Hall–Kier alpha value is -1.76. The first-order valence-electron chi connectivity index (χ1n) is 7.13. The first-order chi connectivity index (χ1) is 9.19. The monoisotopic (exact) mass is 254 g/mol. The van der Waals surface area contributed by atoms with Crippen molar-refractivity contribution in [3.63, 3.8) is 0 Å². The maximum absolute atomic E-state index is 10.4. The van der Waals surface area contributed by atoms with Crippen LogP contribution in [-0.4, -0.2) is 5.11 Å². The molecule has 0 heterocycles. The van der Waals surface area contributed by atoms with Crippen LogP contribution >= 0.6 is 0 Å². The molecule has 0 aromatic heterocycles. The lowest BCUT2D eigenvalue weighted by Crippen LogP contribution is -1.91. The first kappa shape index (κ1) is 13.7. The molecule has 0 atom stereocenters. The van der Waals surface area contributed by atoms with Gasteiger partial charge in [0.05, 0.1) is 0 Å². The number of aryl methyl sites for hydroxylation is 3. The third-order valence-corrected chi connectivity index (χ3v) is 3.71. The molecule has 0 radical (unpaired) electrons. The van der Waals surface area contributed by atoms with Crippen LogP contribution in [0.1, 0.15) is 37.5 Å². The summed E-state index contributed by atoms with van der Waals surface area (Å²) >= 11 is 0. The van der Waals surface area contributed by atoms with E-state index in [2.05, 4.69) is 57.2 Å². The van der Waals surface area contributed by atoms with E-state index >= 15 is 0 Å². The summed E-state index contributed by atoms with van der Waals surface area (Å²) in [5.41, 5.74) is 5.70. The minimum absolute atomic E-state index is 0.434. The van der Waals surface area contributed by atoms with Crippen molar-refractivity contribution in [3.05, 3.63) is 53.1 Å². The van der Waals surface area contributed by atoms with Crippen LogP contribution in [0.5, 0.6) is 5.75 Å². The third-order valence-electron chi connectivity index (χ3n) is 3.71. The number of phenolic OH excluding ortho intramolecular Hbond substituents is 1. The van der Waals surface area contributed by atoms with Crippen LogP contribution < -0.4 is 0 Å². The minimum Gasteiger partial charge on any atom is -0.507 e. The molecule has 0 saturated heterocycles. The van der Waals surface area contributed by atoms with Gasteiger partial charge < -0.3 is 5.11 Å². The van der Waals surface area contributed by atoms with Gasteiger partial charge in [0.25, 0.3) is 0 Å². The van der Waals surface area contributed by atoms with Crippen LogP contribution in [0, 0.1) is 0 Å². The normalized spacial score (nSPS) is 10.7. The fraction of sp³-hybridized carbons (Fsp3) is 0.333. The molecule has 2 rings (SSSR count). The van der Waals surface area contributed by atoms with E-state index < -0.39 is 0 Å². The molecular weight excluding hydrogens is 232 g/mol. The van der Waals surface area contributed by atoms with Crippen molar-refractivity contribution in [3.8, 4) is 16.9 Å². The molecule has 100 valence electrons. The van der Waals surface area contributed by atoms with Crippen LogP contribution in [0.3, 0.4) is 0 Å². The number of aromatic hydroxyl groups is 1. The second-order valence-electron chi connectivity index (χ2n) is 4.91. The van der Waals surface area contributed by atoms with E-state index in [0.717, 1.165) is 36.0 Å². The molecule has 0 spiro atoms. The van der Waals surface area contributed by atoms with Crippen LogP contribution in [0.2, 0.25) is 0 Å². The van der Waals surface area contributed by atoms with Crippen LogP contribution in [0.4, 0.5) is 0 Å². The van der Waals surface area contributed by atoms with Gasteiger partial charge in [-0.3, -0.25) is 0 Å². The quantitative estimate of drug-likeness (QED) is 0.835. The van der Waals surface area contributed by atoms with E-state index in [-0.39, 0.29) is 0 Å². The molecule has 0 aliphatic heterocycles. The highest BCUT2D eigenvalue weighted by Gasteiger charge is 2.10. The molecule has 0 bridgehead atoms. The topological polar surface area (TPSA) is 20.2 Å². The number of rotatable bonds is 4. The molecule has 0 amide bonds. The van der Waals surface area contributed by atoms with E-state index in [1.165, 1.54) is 11.1 Å². The van der Waals surface area contributed by atoms with Crippen molar-refractivity contribution < 1.29 is 5.11 Å². The molecule has 2 aromatic rings. The Balaban J connectivity index is 2.53. The molecule has 1 heteroatoms. The van der Waals surface area contributed by atoms with Gasteiger partial charge in [0.15, 0.2) is 0 Å².